The summed E-state index contributed by atoms with van der Waals surface area (Å²) in [6.45, 7) is 0. The molecule has 0 bridgehead atoms. The van der Waals surface area contributed by atoms with Crippen molar-refractivity contribution in [2.45, 2.75) is 12.8 Å². The molecule has 0 aliphatic rings. The van der Waals surface area contributed by atoms with Gasteiger partial charge in [0.15, 0.2) is 0 Å². The van der Waals surface area contributed by atoms with Gasteiger partial charge in [0.25, 0.3) is 0 Å². The van der Waals surface area contributed by atoms with Crippen molar-refractivity contribution in [1.29, 1.82) is 0 Å². The van der Waals surface area contributed by atoms with Crippen LogP contribution >= 0.6 is 0 Å². The normalized spacial score (nSPS) is 11.9. The topological polar surface area (TPSA) is 99.0 Å². The molecule has 29 heavy (non-hydrogen) atoms. The van der Waals surface area contributed by atoms with E-state index in [-0.39, 0.29) is 11.4 Å². The van der Waals surface area contributed by atoms with Gasteiger partial charge in [0, 0.05) is 11.4 Å². The fourth-order valence-electron chi connectivity index (χ4n) is 2.83. The first-order valence-electron chi connectivity index (χ1n) is 8.71. The fraction of sp³-hybridized carbons (Fsp3) is 0.0952. The molecule has 0 unspecified atom stereocenters. The second kappa shape index (κ2) is 9.31. The second-order valence-corrected chi connectivity index (χ2v) is 6.95. The standard InChI is InChI=1S/C21H18FN2O4S/c22-16-6-10-17(11-7-16)23-20-13-15(5-12-19(20)21(25)26)2-1-14-3-8-18(9-4-14)24-29(27)28/h3-13,23H,1-2H2,(H,25,26)(H,24,27,28)/q-1. The number of carboxylic acid groups (broad SMARTS) is 1. The van der Waals surface area contributed by atoms with Gasteiger partial charge in [-0.25, -0.2) is 9.18 Å². The molecule has 0 amide bonds. The molecule has 0 saturated heterocycles. The highest BCUT2D eigenvalue weighted by atomic mass is 32.2. The van der Waals surface area contributed by atoms with Crippen LogP contribution in [0, 0.1) is 5.82 Å². The Morgan fingerprint density at radius 3 is 2.21 bits per heavy atom. The second-order valence-electron chi connectivity index (χ2n) is 6.31. The van der Waals surface area contributed by atoms with E-state index in [0.29, 0.717) is 29.9 Å². The molecule has 0 aliphatic carbocycles. The number of benzene rings is 3. The summed E-state index contributed by atoms with van der Waals surface area (Å²) in [5.74, 6) is -1.42. The van der Waals surface area contributed by atoms with Crippen LogP contribution in [0.4, 0.5) is 21.5 Å². The Morgan fingerprint density at radius 2 is 1.59 bits per heavy atom. The quantitative estimate of drug-likeness (QED) is 0.360. The van der Waals surface area contributed by atoms with Crippen molar-refractivity contribution in [2.75, 3.05) is 5.32 Å². The van der Waals surface area contributed by atoms with Crippen molar-refractivity contribution in [2.24, 2.45) is 4.36 Å². The maximum atomic E-state index is 13.1. The third-order valence-electron chi connectivity index (χ3n) is 4.26. The molecular formula is C21H18FN2O4S-. The third-order valence-corrected chi connectivity index (χ3v) is 4.63. The molecule has 0 aliphatic heterocycles. The fourth-order valence-corrected chi connectivity index (χ4v) is 3.13. The lowest BCUT2D eigenvalue weighted by Crippen LogP contribution is -2.04. The van der Waals surface area contributed by atoms with Crippen molar-refractivity contribution in [3.8, 4) is 0 Å². The van der Waals surface area contributed by atoms with E-state index < -0.39 is 16.8 Å². The molecule has 6 nitrogen and oxygen atoms in total. The zero-order chi connectivity index (χ0) is 20.8. The van der Waals surface area contributed by atoms with E-state index in [2.05, 4.69) is 9.68 Å². The van der Waals surface area contributed by atoms with Gasteiger partial charge in [0.2, 0.25) is 0 Å². The zero-order valence-electron chi connectivity index (χ0n) is 15.2. The number of aromatic carboxylic acids is 1. The van der Waals surface area contributed by atoms with E-state index in [0.717, 1.165) is 11.1 Å². The number of hydrogen-bond acceptors (Lipinski definition) is 5. The molecular weight excluding hydrogens is 395 g/mol. The summed E-state index contributed by atoms with van der Waals surface area (Å²) >= 11 is 0. The van der Waals surface area contributed by atoms with Gasteiger partial charge < -0.3 is 23.5 Å². The van der Waals surface area contributed by atoms with Crippen molar-refractivity contribution < 1.29 is 23.1 Å². The third kappa shape index (κ3) is 5.87. The first-order chi connectivity index (χ1) is 13.9. The number of rotatable bonds is 7. The zero-order valence-corrected chi connectivity index (χ0v) is 16.0. The van der Waals surface area contributed by atoms with Crippen LogP contribution in [0.5, 0.6) is 0 Å². The molecule has 0 saturated carbocycles. The average Bonchev–Trinajstić information content (AvgIpc) is 2.69. The lowest BCUT2D eigenvalue weighted by Gasteiger charge is -2.12. The molecule has 3 aromatic rings. The minimum atomic E-state index is -2.23. The van der Waals surface area contributed by atoms with Crippen molar-refractivity contribution >= 4 is 33.9 Å². The molecule has 3 aromatic carbocycles. The number of hydrogen-bond donors (Lipinski definition) is 3. The Bertz CT molecular complexity index is 1090. The first kappa shape index (κ1) is 20.5. The van der Waals surface area contributed by atoms with Crippen LogP contribution in [0.2, 0.25) is 0 Å². The SMILES string of the molecule is O=C(O)c1ccc(CCc2ccc(N=[S-](=O)O)cc2)cc1Nc1ccc(F)cc1. The number of anilines is 2. The average molecular weight is 413 g/mol. The van der Waals surface area contributed by atoms with E-state index in [1.54, 1.807) is 42.5 Å². The van der Waals surface area contributed by atoms with Crippen LogP contribution in [0.25, 0.3) is 0 Å². The molecule has 0 atom stereocenters. The molecule has 0 radical (unpaired) electrons. The number of halogens is 1. The van der Waals surface area contributed by atoms with Gasteiger partial charge in [-0.2, -0.15) is 0 Å². The molecule has 0 fully saturated rings. The number of nitrogens with one attached hydrogen (secondary N) is 1. The maximum Gasteiger partial charge on any atom is 0.337 e. The van der Waals surface area contributed by atoms with Crippen LogP contribution in [0.1, 0.15) is 21.5 Å². The van der Waals surface area contributed by atoms with Gasteiger partial charge in [-0.3, -0.25) is 0 Å². The first-order valence-corrected chi connectivity index (χ1v) is 9.77. The Labute approximate surface area is 169 Å². The van der Waals surface area contributed by atoms with Crippen molar-refractivity contribution in [3.63, 3.8) is 0 Å². The van der Waals surface area contributed by atoms with Crippen molar-refractivity contribution in [1.82, 2.24) is 0 Å². The summed E-state index contributed by atoms with van der Waals surface area (Å²) < 4.78 is 36.1. The summed E-state index contributed by atoms with van der Waals surface area (Å²) in [5, 5.41) is 12.5. The highest BCUT2D eigenvalue weighted by Crippen LogP contribution is 2.24. The van der Waals surface area contributed by atoms with Gasteiger partial charge in [0.05, 0.1) is 11.3 Å². The van der Waals surface area contributed by atoms with E-state index in [1.807, 2.05) is 12.1 Å². The summed E-state index contributed by atoms with van der Waals surface area (Å²) in [6, 6.07) is 17.7. The predicted molar refractivity (Wildman–Crippen MR) is 110 cm³/mol. The van der Waals surface area contributed by atoms with Crippen LogP contribution in [0.15, 0.2) is 71.1 Å². The smallest absolute Gasteiger partial charge is 0.337 e. The van der Waals surface area contributed by atoms with E-state index in [4.69, 9.17) is 4.55 Å². The van der Waals surface area contributed by atoms with Gasteiger partial charge in [0.1, 0.15) is 5.82 Å². The molecule has 8 heteroatoms. The van der Waals surface area contributed by atoms with Gasteiger partial charge >= 0.3 is 5.97 Å². The molecule has 3 rings (SSSR count). The number of carboxylic acids is 1. The Hall–Kier alpha value is -3.23. The maximum absolute atomic E-state index is 13.1. The Morgan fingerprint density at radius 1 is 0.966 bits per heavy atom. The van der Waals surface area contributed by atoms with Crippen LogP contribution in [-0.4, -0.2) is 15.6 Å². The Kier molecular flexibility index (Phi) is 6.58. The van der Waals surface area contributed by atoms with Crippen LogP contribution < -0.4 is 5.32 Å². The molecule has 0 aromatic heterocycles. The highest BCUT2D eigenvalue weighted by molar-refractivity contribution is 7.68. The Balaban J connectivity index is 1.75. The monoisotopic (exact) mass is 413 g/mol. The lowest BCUT2D eigenvalue weighted by atomic mass is 10.0. The van der Waals surface area contributed by atoms with Gasteiger partial charge in [-0.05, 0) is 72.5 Å². The van der Waals surface area contributed by atoms with Crippen molar-refractivity contribution in [3.05, 3.63) is 89.2 Å². The van der Waals surface area contributed by atoms with Gasteiger partial charge in [-0.15, -0.1) is 0 Å². The van der Waals surface area contributed by atoms with E-state index in [1.165, 1.54) is 12.1 Å². The molecule has 0 heterocycles. The molecule has 3 N–H and O–H groups in total. The van der Waals surface area contributed by atoms with Gasteiger partial charge in [-0.1, -0.05) is 29.1 Å². The number of carbonyl (C=O) groups is 1. The number of aryl methyl sites for hydroxylation is 2. The summed E-state index contributed by atoms with van der Waals surface area (Å²) in [5.41, 5.74) is 3.52. The van der Waals surface area contributed by atoms with E-state index in [9.17, 15) is 18.5 Å². The molecule has 0 spiro atoms. The molecule has 150 valence electrons. The minimum Gasteiger partial charge on any atom is -0.478 e. The minimum absolute atomic E-state index is 0.126. The predicted octanol–water partition coefficient (Wildman–Crippen LogP) is 5.30. The van der Waals surface area contributed by atoms with Crippen LogP contribution in [0.3, 0.4) is 0 Å². The number of nitrogens with zero attached hydrogens (tertiary/aromatic N) is 1. The highest BCUT2D eigenvalue weighted by Gasteiger charge is 2.11. The largest absolute Gasteiger partial charge is 0.478 e. The summed E-state index contributed by atoms with van der Waals surface area (Å²) in [7, 11) is -2.23. The van der Waals surface area contributed by atoms with E-state index >= 15 is 0 Å². The summed E-state index contributed by atoms with van der Waals surface area (Å²) in [4.78, 5) is 11.5. The summed E-state index contributed by atoms with van der Waals surface area (Å²) in [6.07, 6.45) is 1.37. The van der Waals surface area contributed by atoms with Crippen LogP contribution in [-0.2, 0) is 27.9 Å². The lowest BCUT2D eigenvalue weighted by molar-refractivity contribution is 0.0698.